The summed E-state index contributed by atoms with van der Waals surface area (Å²) in [7, 11) is 1.97. The Bertz CT molecular complexity index is 854. The first-order valence-corrected chi connectivity index (χ1v) is 13.4. The minimum atomic E-state index is 0.0299. The predicted molar refractivity (Wildman–Crippen MR) is 136 cm³/mol. The molecule has 6 heteroatoms. The molecule has 5 nitrogen and oxygen atoms in total. The normalized spacial score (nSPS) is 39.8. The second-order valence-corrected chi connectivity index (χ2v) is 12.6. The van der Waals surface area contributed by atoms with Gasteiger partial charge in [-0.15, -0.1) is 0 Å². The maximum Gasteiger partial charge on any atom is 0.246 e. The molecule has 1 N–H and O–H groups in total. The van der Waals surface area contributed by atoms with Crippen molar-refractivity contribution in [3.05, 3.63) is 12.2 Å². The van der Waals surface area contributed by atoms with Crippen LogP contribution in [0.4, 0.5) is 0 Å². The van der Waals surface area contributed by atoms with Crippen molar-refractivity contribution in [3.8, 4) is 0 Å². The van der Waals surface area contributed by atoms with Crippen LogP contribution in [0.25, 0.3) is 0 Å². The highest BCUT2D eigenvalue weighted by Crippen LogP contribution is 2.65. The second-order valence-electron chi connectivity index (χ2n) is 12.2. The topological polar surface area (TPSA) is 52.7 Å². The van der Waals surface area contributed by atoms with Gasteiger partial charge in [-0.3, -0.25) is 14.5 Å². The van der Waals surface area contributed by atoms with Crippen LogP contribution in [0.5, 0.6) is 0 Å². The van der Waals surface area contributed by atoms with E-state index in [-0.39, 0.29) is 40.6 Å². The molecule has 4 rings (SSSR count). The molecule has 33 heavy (non-hydrogen) atoms. The van der Waals surface area contributed by atoms with Crippen LogP contribution < -0.4 is 5.32 Å². The van der Waals surface area contributed by atoms with Crippen molar-refractivity contribution in [1.82, 2.24) is 15.1 Å². The van der Waals surface area contributed by atoms with E-state index >= 15 is 0 Å². The SMILES string of the molecule is CC(C)NC(=S)N(C(=O)C1CC[C@H]2[C@@H]3CCC4N(C)C(=O)C=C[C@]4(C)[C@@H]3CC[C@]12C)C(C)C. The first-order chi connectivity index (χ1) is 15.4. The van der Waals surface area contributed by atoms with Crippen LogP contribution in [0.15, 0.2) is 12.2 Å². The van der Waals surface area contributed by atoms with E-state index < -0.39 is 0 Å². The number of likely N-dealkylation sites (N-methyl/N-ethyl adjacent to an activating group) is 1. The summed E-state index contributed by atoms with van der Waals surface area (Å²) >= 11 is 5.67. The number of rotatable bonds is 3. The molecule has 3 saturated carbocycles. The van der Waals surface area contributed by atoms with Crippen molar-refractivity contribution in [2.24, 2.45) is 34.5 Å². The summed E-state index contributed by atoms with van der Waals surface area (Å²) < 4.78 is 0. The lowest BCUT2D eigenvalue weighted by Gasteiger charge is -2.60. The van der Waals surface area contributed by atoms with Crippen LogP contribution in [0, 0.1) is 34.5 Å². The van der Waals surface area contributed by atoms with E-state index in [1.807, 2.05) is 16.8 Å². The van der Waals surface area contributed by atoms with Crippen molar-refractivity contribution < 1.29 is 9.59 Å². The van der Waals surface area contributed by atoms with E-state index in [4.69, 9.17) is 12.2 Å². The first kappa shape index (κ1) is 24.7. The summed E-state index contributed by atoms with van der Waals surface area (Å²) in [5.41, 5.74) is 0.0733. The monoisotopic (exact) mass is 473 g/mol. The first-order valence-electron chi connectivity index (χ1n) is 13.0. The van der Waals surface area contributed by atoms with E-state index in [9.17, 15) is 9.59 Å². The molecule has 1 heterocycles. The molecule has 184 valence electrons. The molecule has 0 saturated heterocycles. The number of nitrogens with one attached hydrogen (secondary N) is 1. The van der Waals surface area contributed by atoms with Gasteiger partial charge in [0.2, 0.25) is 11.8 Å². The highest BCUT2D eigenvalue weighted by Gasteiger charge is 2.62. The smallest absolute Gasteiger partial charge is 0.246 e. The van der Waals surface area contributed by atoms with Crippen molar-refractivity contribution in [2.45, 2.75) is 98.2 Å². The maximum atomic E-state index is 13.9. The molecule has 0 bridgehead atoms. The Hall–Kier alpha value is -1.43. The molecular weight excluding hydrogens is 430 g/mol. The summed E-state index contributed by atoms with van der Waals surface area (Å²) in [4.78, 5) is 30.1. The van der Waals surface area contributed by atoms with Crippen LogP contribution >= 0.6 is 12.2 Å². The summed E-state index contributed by atoms with van der Waals surface area (Å²) in [6.45, 7) is 13.0. The van der Waals surface area contributed by atoms with Gasteiger partial charge in [-0.25, -0.2) is 0 Å². The third kappa shape index (κ3) is 3.84. The Labute approximate surface area is 205 Å². The zero-order valence-electron chi connectivity index (χ0n) is 21.6. The largest absolute Gasteiger partial charge is 0.360 e. The molecule has 0 aromatic heterocycles. The van der Waals surface area contributed by atoms with Crippen LogP contribution in [0.1, 0.15) is 80.1 Å². The highest BCUT2D eigenvalue weighted by atomic mass is 32.1. The van der Waals surface area contributed by atoms with Crippen molar-refractivity contribution in [3.63, 3.8) is 0 Å². The Morgan fingerprint density at radius 2 is 1.82 bits per heavy atom. The standard InChI is InChI=1S/C27H43N3O2S/c1-16(2)28-25(33)30(17(3)4)24(32)21-10-9-19-18-8-11-22-27(6,15-13-23(31)29(22)7)20(18)12-14-26(19,21)5/h13,15-22H,8-12,14H2,1-7H3,(H,28,33)/t18-,19-,20+,21?,22?,26-,27+/m0/s1. The van der Waals surface area contributed by atoms with Gasteiger partial charge in [0.15, 0.2) is 5.11 Å². The number of hydrogen-bond donors (Lipinski definition) is 1. The number of hydrogen-bond acceptors (Lipinski definition) is 3. The van der Waals surface area contributed by atoms with Gasteiger partial charge in [0.25, 0.3) is 0 Å². The molecule has 2 unspecified atom stereocenters. The highest BCUT2D eigenvalue weighted by molar-refractivity contribution is 7.80. The van der Waals surface area contributed by atoms with Crippen LogP contribution in [-0.4, -0.2) is 51.9 Å². The van der Waals surface area contributed by atoms with Crippen LogP contribution in [0.2, 0.25) is 0 Å². The van der Waals surface area contributed by atoms with Gasteiger partial charge in [0.05, 0.1) is 0 Å². The fourth-order valence-corrected chi connectivity index (χ4v) is 8.75. The molecule has 0 spiro atoms. The second kappa shape index (κ2) is 8.66. The molecule has 0 aromatic carbocycles. The van der Waals surface area contributed by atoms with Gasteiger partial charge >= 0.3 is 0 Å². The zero-order chi connectivity index (χ0) is 24.3. The Morgan fingerprint density at radius 3 is 2.45 bits per heavy atom. The Kier molecular flexibility index (Phi) is 6.48. The average molecular weight is 474 g/mol. The number of carbonyl (C=O) groups excluding carboxylic acids is 2. The quantitative estimate of drug-likeness (QED) is 0.601. The summed E-state index contributed by atoms with van der Waals surface area (Å²) in [6.07, 6.45) is 10.6. The predicted octanol–water partition coefficient (Wildman–Crippen LogP) is 4.76. The third-order valence-electron chi connectivity index (χ3n) is 9.81. The van der Waals surface area contributed by atoms with Crippen molar-refractivity contribution >= 4 is 29.1 Å². The van der Waals surface area contributed by atoms with E-state index in [0.29, 0.717) is 28.9 Å². The molecule has 3 aliphatic carbocycles. The number of thiocarbonyl (C=S) groups is 1. The number of carbonyl (C=O) groups is 2. The van der Waals surface area contributed by atoms with Gasteiger partial charge in [0.1, 0.15) is 0 Å². The van der Waals surface area contributed by atoms with E-state index in [1.165, 1.54) is 6.42 Å². The number of amides is 2. The van der Waals surface area contributed by atoms with Gasteiger partial charge in [-0.1, -0.05) is 19.9 Å². The zero-order valence-corrected chi connectivity index (χ0v) is 22.4. The minimum Gasteiger partial charge on any atom is -0.360 e. The number of nitrogens with zero attached hydrogens (tertiary/aromatic N) is 2. The summed E-state index contributed by atoms with van der Waals surface area (Å²) in [5, 5.41) is 3.87. The molecule has 7 atom stereocenters. The maximum absolute atomic E-state index is 13.9. The lowest BCUT2D eigenvalue weighted by Crippen LogP contribution is -2.60. The van der Waals surface area contributed by atoms with E-state index in [2.05, 4.69) is 52.9 Å². The molecule has 4 aliphatic rings. The fourth-order valence-electron chi connectivity index (χ4n) is 8.22. The van der Waals surface area contributed by atoms with Crippen molar-refractivity contribution in [2.75, 3.05) is 7.05 Å². The van der Waals surface area contributed by atoms with Crippen molar-refractivity contribution in [1.29, 1.82) is 0 Å². The lowest BCUT2D eigenvalue weighted by molar-refractivity contribution is -0.145. The lowest BCUT2D eigenvalue weighted by atomic mass is 9.47. The molecule has 0 aromatic rings. The molecule has 0 radical (unpaired) electrons. The average Bonchev–Trinajstić information content (AvgIpc) is 3.07. The molecule has 3 fully saturated rings. The van der Waals surface area contributed by atoms with E-state index in [0.717, 1.165) is 32.1 Å². The van der Waals surface area contributed by atoms with Gasteiger partial charge in [-0.2, -0.15) is 0 Å². The molecule has 1 aliphatic heterocycles. The van der Waals surface area contributed by atoms with Crippen LogP contribution in [0.3, 0.4) is 0 Å². The van der Waals surface area contributed by atoms with Gasteiger partial charge in [-0.05, 0) is 108 Å². The minimum absolute atomic E-state index is 0.0299. The summed E-state index contributed by atoms with van der Waals surface area (Å²) in [6, 6.07) is 0.554. The molecular formula is C27H43N3O2S. The van der Waals surface area contributed by atoms with Crippen LogP contribution in [-0.2, 0) is 9.59 Å². The van der Waals surface area contributed by atoms with Gasteiger partial charge < -0.3 is 10.2 Å². The number of fused-ring (bicyclic) bond motifs is 5. The Morgan fingerprint density at radius 1 is 1.12 bits per heavy atom. The molecule has 2 amide bonds. The van der Waals surface area contributed by atoms with E-state index in [1.54, 1.807) is 6.08 Å². The van der Waals surface area contributed by atoms with Gasteiger partial charge in [0, 0.05) is 36.5 Å². The Balaban J connectivity index is 1.58. The third-order valence-corrected chi connectivity index (χ3v) is 10.1. The summed E-state index contributed by atoms with van der Waals surface area (Å²) in [5.74, 6) is 2.17. The fraction of sp³-hybridized carbons (Fsp3) is 0.815.